The van der Waals surface area contributed by atoms with E-state index in [0.29, 0.717) is 16.3 Å². The lowest BCUT2D eigenvalue weighted by Gasteiger charge is -2.14. The number of carbonyl (C=O) groups is 2. The fourth-order valence-electron chi connectivity index (χ4n) is 3.53. The van der Waals surface area contributed by atoms with Crippen molar-refractivity contribution in [3.05, 3.63) is 64.5 Å². The van der Waals surface area contributed by atoms with Crippen molar-refractivity contribution in [1.29, 1.82) is 0 Å². The third-order valence-electron chi connectivity index (χ3n) is 4.79. The number of aromatic nitrogens is 1. The summed E-state index contributed by atoms with van der Waals surface area (Å²) in [4.78, 5) is 26.0. The van der Waals surface area contributed by atoms with Crippen molar-refractivity contribution in [3.8, 4) is 11.1 Å². The van der Waals surface area contributed by atoms with Crippen LogP contribution in [0.4, 0.5) is 5.00 Å². The third-order valence-corrected chi connectivity index (χ3v) is 6.54. The number of anilines is 1. The van der Waals surface area contributed by atoms with Crippen molar-refractivity contribution in [2.75, 3.05) is 11.9 Å². The van der Waals surface area contributed by atoms with Gasteiger partial charge in [0, 0.05) is 17.0 Å². The van der Waals surface area contributed by atoms with Gasteiger partial charge in [-0.1, -0.05) is 30.3 Å². The molecule has 0 aliphatic rings. The van der Waals surface area contributed by atoms with E-state index in [4.69, 9.17) is 4.74 Å². The number of amides is 1. The molecule has 0 radical (unpaired) electrons. The Morgan fingerprint density at radius 3 is 2.60 bits per heavy atom. The largest absolute Gasteiger partial charge is 0.462 e. The van der Waals surface area contributed by atoms with Gasteiger partial charge < -0.3 is 14.6 Å². The molecular weight excluding hydrogens is 416 g/mol. The minimum Gasteiger partial charge on any atom is -0.462 e. The summed E-state index contributed by atoms with van der Waals surface area (Å²) in [7, 11) is 0. The Balaban J connectivity index is 1.74. The Morgan fingerprint density at radius 1 is 1.13 bits per heavy atom. The molecule has 0 spiro atoms. The lowest BCUT2D eigenvalue weighted by Crippen LogP contribution is -2.19. The maximum absolute atomic E-state index is 13.2. The van der Waals surface area contributed by atoms with Crippen LogP contribution in [0.2, 0.25) is 0 Å². The SMILES string of the molecule is CCOC(=O)c1c(-c2ccccc2)csc1NC(=O)c1cc2sccc2n1C(C)C. The molecule has 0 unspecified atom stereocenters. The van der Waals surface area contributed by atoms with Crippen LogP contribution in [0.25, 0.3) is 21.3 Å². The molecule has 7 heteroatoms. The van der Waals surface area contributed by atoms with E-state index >= 15 is 0 Å². The van der Waals surface area contributed by atoms with E-state index in [1.165, 1.54) is 11.3 Å². The van der Waals surface area contributed by atoms with Gasteiger partial charge in [-0.25, -0.2) is 4.79 Å². The zero-order valence-electron chi connectivity index (χ0n) is 17.0. The molecular formula is C23H22N2O3S2. The first-order valence-electron chi connectivity index (χ1n) is 9.75. The first kappa shape index (κ1) is 20.4. The van der Waals surface area contributed by atoms with Crippen molar-refractivity contribution in [2.24, 2.45) is 0 Å². The van der Waals surface area contributed by atoms with Crippen LogP contribution in [0.15, 0.2) is 53.2 Å². The maximum atomic E-state index is 13.2. The molecule has 0 atom stereocenters. The van der Waals surface area contributed by atoms with Crippen LogP contribution in [0.5, 0.6) is 0 Å². The molecule has 0 saturated heterocycles. The molecule has 4 aromatic rings. The molecule has 4 rings (SSSR count). The number of nitrogens with zero attached hydrogens (tertiary/aromatic N) is 1. The zero-order chi connectivity index (χ0) is 21.3. The number of rotatable bonds is 6. The Kier molecular flexibility index (Phi) is 5.74. The number of benzene rings is 1. The van der Waals surface area contributed by atoms with E-state index in [1.54, 1.807) is 18.3 Å². The van der Waals surface area contributed by atoms with Crippen LogP contribution in [0.1, 0.15) is 47.7 Å². The van der Waals surface area contributed by atoms with E-state index in [2.05, 4.69) is 19.2 Å². The predicted molar refractivity (Wildman–Crippen MR) is 124 cm³/mol. The first-order valence-corrected chi connectivity index (χ1v) is 11.5. The number of fused-ring (bicyclic) bond motifs is 1. The smallest absolute Gasteiger partial charge is 0.341 e. The van der Waals surface area contributed by atoms with Crippen LogP contribution < -0.4 is 5.32 Å². The standard InChI is InChI=1S/C23H22N2O3S2/c1-4-28-23(27)20-16(15-8-6-5-7-9-15)13-30-22(20)24-21(26)18-12-19-17(10-11-29-19)25(18)14(2)3/h5-14H,4H2,1-3H3,(H,24,26). The fourth-order valence-corrected chi connectivity index (χ4v) is 5.29. The molecule has 0 aliphatic heterocycles. The number of nitrogens with one attached hydrogen (secondary N) is 1. The van der Waals surface area contributed by atoms with Crippen molar-refractivity contribution < 1.29 is 14.3 Å². The van der Waals surface area contributed by atoms with E-state index < -0.39 is 5.97 Å². The van der Waals surface area contributed by atoms with Gasteiger partial charge in [0.25, 0.3) is 5.91 Å². The van der Waals surface area contributed by atoms with Crippen LogP contribution in [-0.4, -0.2) is 23.1 Å². The lowest BCUT2D eigenvalue weighted by atomic mass is 10.0. The average molecular weight is 439 g/mol. The summed E-state index contributed by atoms with van der Waals surface area (Å²) in [6.45, 7) is 6.14. The fraction of sp³-hybridized carbons (Fsp3) is 0.217. The van der Waals surface area contributed by atoms with E-state index in [9.17, 15) is 9.59 Å². The van der Waals surface area contributed by atoms with E-state index in [-0.39, 0.29) is 18.6 Å². The normalized spacial score (nSPS) is 11.2. The molecule has 3 heterocycles. The highest BCUT2D eigenvalue weighted by Gasteiger charge is 2.25. The number of hydrogen-bond acceptors (Lipinski definition) is 5. The number of carbonyl (C=O) groups excluding carboxylic acids is 2. The Labute approximate surface area is 182 Å². The second-order valence-electron chi connectivity index (χ2n) is 7.06. The highest BCUT2D eigenvalue weighted by Crippen LogP contribution is 2.37. The summed E-state index contributed by atoms with van der Waals surface area (Å²) in [5.41, 5.74) is 3.68. The molecule has 0 fully saturated rings. The van der Waals surface area contributed by atoms with Crippen molar-refractivity contribution in [2.45, 2.75) is 26.8 Å². The van der Waals surface area contributed by atoms with Crippen LogP contribution >= 0.6 is 22.7 Å². The van der Waals surface area contributed by atoms with Gasteiger partial charge in [-0.15, -0.1) is 22.7 Å². The Bertz CT molecular complexity index is 1200. The predicted octanol–water partition coefficient (Wildman–Crippen LogP) is 6.44. The molecule has 0 aliphatic carbocycles. The number of ether oxygens (including phenoxy) is 1. The zero-order valence-corrected chi connectivity index (χ0v) is 18.6. The highest BCUT2D eigenvalue weighted by molar-refractivity contribution is 7.17. The van der Waals surface area contributed by atoms with Gasteiger partial charge in [0.05, 0.1) is 16.8 Å². The van der Waals surface area contributed by atoms with Crippen molar-refractivity contribution in [3.63, 3.8) is 0 Å². The van der Waals surface area contributed by atoms with Gasteiger partial charge >= 0.3 is 5.97 Å². The number of esters is 1. The molecule has 1 amide bonds. The van der Waals surface area contributed by atoms with Crippen molar-refractivity contribution >= 4 is 49.8 Å². The van der Waals surface area contributed by atoms with Gasteiger partial charge in [-0.3, -0.25) is 4.79 Å². The summed E-state index contributed by atoms with van der Waals surface area (Å²) in [5.74, 6) is -0.674. The minimum atomic E-state index is -0.437. The second-order valence-corrected chi connectivity index (χ2v) is 8.88. The molecule has 1 N–H and O–H groups in total. The van der Waals surface area contributed by atoms with Gasteiger partial charge in [0.15, 0.2) is 0 Å². The highest BCUT2D eigenvalue weighted by atomic mass is 32.1. The van der Waals surface area contributed by atoms with E-state index in [1.807, 2.05) is 57.8 Å². The quantitative estimate of drug-likeness (QED) is 0.352. The minimum absolute atomic E-state index is 0.130. The number of thiophene rings is 2. The summed E-state index contributed by atoms with van der Waals surface area (Å²) in [6.07, 6.45) is 0. The Morgan fingerprint density at radius 2 is 1.90 bits per heavy atom. The summed E-state index contributed by atoms with van der Waals surface area (Å²) < 4.78 is 8.38. The lowest BCUT2D eigenvalue weighted by molar-refractivity contribution is 0.0529. The summed E-state index contributed by atoms with van der Waals surface area (Å²) in [6, 6.07) is 13.7. The topological polar surface area (TPSA) is 60.3 Å². The van der Waals surface area contributed by atoms with Crippen molar-refractivity contribution in [1.82, 2.24) is 4.57 Å². The monoisotopic (exact) mass is 438 g/mol. The van der Waals surface area contributed by atoms with Gasteiger partial charge in [-0.05, 0) is 43.8 Å². The molecule has 154 valence electrons. The molecule has 5 nitrogen and oxygen atoms in total. The first-order chi connectivity index (χ1) is 14.5. The molecule has 3 aromatic heterocycles. The van der Waals surface area contributed by atoms with Crippen LogP contribution in [0, 0.1) is 0 Å². The van der Waals surface area contributed by atoms with Crippen LogP contribution in [-0.2, 0) is 4.74 Å². The number of hydrogen-bond donors (Lipinski definition) is 1. The molecule has 30 heavy (non-hydrogen) atoms. The second kappa shape index (κ2) is 8.45. The summed E-state index contributed by atoms with van der Waals surface area (Å²) in [5, 5.41) is 7.37. The average Bonchev–Trinajstić information content (AvgIpc) is 3.42. The van der Waals surface area contributed by atoms with Gasteiger partial charge in [0.2, 0.25) is 0 Å². The van der Waals surface area contributed by atoms with Crippen LogP contribution in [0.3, 0.4) is 0 Å². The molecule has 0 bridgehead atoms. The van der Waals surface area contributed by atoms with Gasteiger partial charge in [0.1, 0.15) is 16.3 Å². The molecule has 0 saturated carbocycles. The maximum Gasteiger partial charge on any atom is 0.341 e. The summed E-state index contributed by atoms with van der Waals surface area (Å²) >= 11 is 2.94. The van der Waals surface area contributed by atoms with Gasteiger partial charge in [-0.2, -0.15) is 0 Å². The van der Waals surface area contributed by atoms with E-state index in [0.717, 1.165) is 21.3 Å². The Hall–Kier alpha value is -2.90. The third kappa shape index (κ3) is 3.66. The molecule has 1 aromatic carbocycles.